The van der Waals surface area contributed by atoms with E-state index in [0.717, 1.165) is 45.9 Å². The minimum Gasteiger partial charge on any atom is -0.496 e. The number of methoxy groups -OCH3 is 2. The van der Waals surface area contributed by atoms with Crippen LogP contribution in [0.15, 0.2) is 54.7 Å². The predicted molar refractivity (Wildman–Crippen MR) is 205 cm³/mol. The van der Waals surface area contributed by atoms with Crippen LogP contribution >= 0.6 is 11.6 Å². The molecule has 0 radical (unpaired) electrons. The third kappa shape index (κ3) is 8.72. The molecule has 2 aliphatic heterocycles. The van der Waals surface area contributed by atoms with Gasteiger partial charge in [-0.05, 0) is 67.0 Å². The number of aromatic nitrogens is 2. The molecule has 0 bridgehead atoms. The first-order valence-electron chi connectivity index (χ1n) is 18.8. The highest BCUT2D eigenvalue weighted by Crippen LogP contribution is 2.45. The van der Waals surface area contributed by atoms with Gasteiger partial charge in [-0.25, -0.2) is 0 Å². The lowest BCUT2D eigenvalue weighted by Gasteiger charge is -2.29. The molecule has 2 saturated heterocycles. The second-order valence-electron chi connectivity index (χ2n) is 14.3. The number of nitrogens with one attached hydrogen (secondary N) is 4. The summed E-state index contributed by atoms with van der Waals surface area (Å²) in [5.41, 5.74) is 4.77. The number of ether oxygens (including phenoxy) is 3. The number of fused-ring (bicyclic) bond motifs is 1. The SMILES string of the molecule is COc1cc(-c2nccc(-c3cccc4c3CCC[C@@H]4Oc3nc(OC)c(CNC[C@H]4CCC(=O)N4)cc3C(F)(F)F)c2Cl)ccc1CNC[C@@H]1CCC(=O)N1. The number of carbonyl (C=O) groups excluding carboxylic acids is 2. The Bertz CT molecular complexity index is 2100. The van der Waals surface area contributed by atoms with Gasteiger partial charge in [-0.2, -0.15) is 18.2 Å². The van der Waals surface area contributed by atoms with Gasteiger partial charge in [-0.15, -0.1) is 0 Å². The van der Waals surface area contributed by atoms with Gasteiger partial charge in [-0.3, -0.25) is 14.6 Å². The molecule has 2 aromatic heterocycles. The molecule has 3 atom stereocenters. The number of halogens is 4. The van der Waals surface area contributed by atoms with E-state index in [0.29, 0.717) is 74.6 Å². The van der Waals surface area contributed by atoms with Crippen molar-refractivity contribution in [2.24, 2.45) is 0 Å². The molecular weight excluding hydrogens is 749 g/mol. The van der Waals surface area contributed by atoms with Gasteiger partial charge >= 0.3 is 6.18 Å². The quantitative estimate of drug-likeness (QED) is 0.110. The van der Waals surface area contributed by atoms with Crippen LogP contribution in [0.25, 0.3) is 22.4 Å². The number of rotatable bonds is 14. The monoisotopic (exact) mass is 792 g/mol. The van der Waals surface area contributed by atoms with Crippen LogP contribution in [-0.4, -0.2) is 61.2 Å². The number of hydrogen-bond donors (Lipinski definition) is 4. The molecule has 4 heterocycles. The molecule has 4 N–H and O–H groups in total. The maximum absolute atomic E-state index is 14.6. The van der Waals surface area contributed by atoms with Crippen LogP contribution in [-0.2, 0) is 35.3 Å². The Balaban J connectivity index is 1.12. The Morgan fingerprint density at radius 3 is 2.20 bits per heavy atom. The van der Waals surface area contributed by atoms with Gasteiger partial charge in [0.15, 0.2) is 0 Å². The van der Waals surface area contributed by atoms with E-state index in [4.69, 9.17) is 25.8 Å². The molecule has 2 aromatic carbocycles. The first-order valence-corrected chi connectivity index (χ1v) is 19.2. The molecule has 7 rings (SSSR count). The first-order chi connectivity index (χ1) is 27.0. The van der Waals surface area contributed by atoms with Gasteiger partial charge in [0, 0.05) is 79.6 Å². The fourth-order valence-electron chi connectivity index (χ4n) is 7.75. The molecule has 296 valence electrons. The fraction of sp³-hybridized carbons (Fsp3) is 0.415. The number of amides is 2. The molecule has 3 aliphatic rings. The maximum atomic E-state index is 14.6. The smallest absolute Gasteiger partial charge is 0.421 e. The summed E-state index contributed by atoms with van der Waals surface area (Å²) in [6.45, 7) is 1.67. The average molecular weight is 793 g/mol. The number of carbonyl (C=O) groups is 2. The molecule has 2 fully saturated rings. The van der Waals surface area contributed by atoms with Crippen molar-refractivity contribution in [3.63, 3.8) is 0 Å². The first kappa shape index (κ1) is 39.3. The molecule has 56 heavy (non-hydrogen) atoms. The lowest BCUT2D eigenvalue weighted by atomic mass is 9.84. The summed E-state index contributed by atoms with van der Waals surface area (Å²) in [5.74, 6) is 0.177. The Kier molecular flexibility index (Phi) is 12.0. The van der Waals surface area contributed by atoms with E-state index in [1.54, 1.807) is 13.3 Å². The third-order valence-electron chi connectivity index (χ3n) is 10.6. The molecule has 1 aliphatic carbocycles. The average Bonchev–Trinajstić information content (AvgIpc) is 3.81. The van der Waals surface area contributed by atoms with E-state index in [9.17, 15) is 22.8 Å². The zero-order valence-electron chi connectivity index (χ0n) is 31.2. The molecular formula is C41H44ClF3N6O5. The van der Waals surface area contributed by atoms with Crippen molar-refractivity contribution in [3.05, 3.63) is 87.6 Å². The van der Waals surface area contributed by atoms with Crippen molar-refractivity contribution in [2.45, 2.75) is 82.4 Å². The van der Waals surface area contributed by atoms with Crippen molar-refractivity contribution < 1.29 is 37.0 Å². The second-order valence-corrected chi connectivity index (χ2v) is 14.7. The zero-order valence-corrected chi connectivity index (χ0v) is 31.9. The summed E-state index contributed by atoms with van der Waals surface area (Å²) in [4.78, 5) is 32.0. The lowest BCUT2D eigenvalue weighted by Crippen LogP contribution is -2.35. The summed E-state index contributed by atoms with van der Waals surface area (Å²) in [6, 6.07) is 14.4. The van der Waals surface area contributed by atoms with Crippen LogP contribution in [0.4, 0.5) is 13.2 Å². The van der Waals surface area contributed by atoms with Gasteiger partial charge in [0.1, 0.15) is 17.4 Å². The molecule has 11 nitrogen and oxygen atoms in total. The number of nitrogens with zero attached hydrogens (tertiary/aromatic N) is 2. The van der Waals surface area contributed by atoms with E-state index in [-0.39, 0.29) is 41.9 Å². The highest BCUT2D eigenvalue weighted by Gasteiger charge is 2.38. The number of hydrogen-bond acceptors (Lipinski definition) is 9. The minimum atomic E-state index is -4.74. The number of alkyl halides is 3. The molecule has 0 unspecified atom stereocenters. The summed E-state index contributed by atoms with van der Waals surface area (Å²) < 4.78 is 61.0. The van der Waals surface area contributed by atoms with Crippen LogP contribution in [0.3, 0.4) is 0 Å². The largest absolute Gasteiger partial charge is 0.496 e. The van der Waals surface area contributed by atoms with Gasteiger partial charge in [0.25, 0.3) is 0 Å². The molecule has 15 heteroatoms. The molecule has 2 amide bonds. The van der Waals surface area contributed by atoms with E-state index >= 15 is 0 Å². The van der Waals surface area contributed by atoms with Crippen LogP contribution in [0, 0.1) is 0 Å². The third-order valence-corrected chi connectivity index (χ3v) is 10.9. The van der Waals surface area contributed by atoms with Gasteiger partial charge in [0.05, 0.1) is 24.9 Å². The van der Waals surface area contributed by atoms with E-state index in [2.05, 4.69) is 31.2 Å². The van der Waals surface area contributed by atoms with Crippen molar-refractivity contribution in [1.82, 2.24) is 31.2 Å². The number of benzene rings is 2. The molecule has 4 aromatic rings. The molecule has 0 spiro atoms. The van der Waals surface area contributed by atoms with Crippen LogP contribution in [0.2, 0.25) is 5.02 Å². The second kappa shape index (κ2) is 17.1. The van der Waals surface area contributed by atoms with Crippen LogP contribution < -0.4 is 35.5 Å². The highest BCUT2D eigenvalue weighted by atomic mass is 35.5. The van der Waals surface area contributed by atoms with E-state index in [1.165, 1.54) is 7.11 Å². The van der Waals surface area contributed by atoms with Gasteiger partial charge < -0.3 is 35.5 Å². The van der Waals surface area contributed by atoms with Crippen LogP contribution in [0.5, 0.6) is 17.5 Å². The maximum Gasteiger partial charge on any atom is 0.421 e. The molecule has 0 saturated carbocycles. The van der Waals surface area contributed by atoms with E-state index in [1.807, 2.05) is 42.5 Å². The standard InChI is InChI=1S/C41H44ClF3N6O5/c1-54-34-18-23(9-10-24(34)19-46-21-26-11-13-35(52)49-26)38-37(42)31(15-16-48-38)29-5-3-7-30-28(29)6-4-8-33(30)56-40-32(41(43,44)45)17-25(39(51-40)55-2)20-47-22-27-12-14-36(53)50-27/h3,5,7,9-10,15-18,26-27,33,46-47H,4,6,8,11-14,19-22H2,1-2H3,(H,49,52)(H,50,53)/t26-,27+,33-/m0/s1. The number of pyridine rings is 2. The van der Waals surface area contributed by atoms with E-state index < -0.39 is 23.7 Å². The van der Waals surface area contributed by atoms with Crippen LogP contribution in [0.1, 0.15) is 72.4 Å². The van der Waals surface area contributed by atoms with Crippen molar-refractivity contribution in [1.29, 1.82) is 0 Å². The Morgan fingerprint density at radius 2 is 1.55 bits per heavy atom. The van der Waals surface area contributed by atoms with Gasteiger partial charge in [-0.1, -0.05) is 41.9 Å². The summed E-state index contributed by atoms with van der Waals surface area (Å²) in [5, 5.41) is 12.7. The zero-order chi connectivity index (χ0) is 39.4. The summed E-state index contributed by atoms with van der Waals surface area (Å²) >= 11 is 7.13. The predicted octanol–water partition coefficient (Wildman–Crippen LogP) is 6.69. The Labute approximate surface area is 328 Å². The summed E-state index contributed by atoms with van der Waals surface area (Å²) in [7, 11) is 2.97. The van der Waals surface area contributed by atoms with Gasteiger partial charge in [0.2, 0.25) is 23.6 Å². The van der Waals surface area contributed by atoms with Crippen molar-refractivity contribution in [2.75, 3.05) is 27.3 Å². The topological polar surface area (TPSA) is 136 Å². The lowest BCUT2D eigenvalue weighted by molar-refractivity contribution is -0.140. The summed E-state index contributed by atoms with van der Waals surface area (Å²) in [6.07, 6.45) is 0.519. The van der Waals surface area contributed by atoms with Crippen molar-refractivity contribution in [3.8, 4) is 39.9 Å². The highest BCUT2D eigenvalue weighted by molar-refractivity contribution is 6.35. The normalized spacial score (nSPS) is 19.4. The fourth-order valence-corrected chi connectivity index (χ4v) is 8.07. The minimum absolute atomic E-state index is 0.0248. The Morgan fingerprint density at radius 1 is 0.839 bits per heavy atom. The van der Waals surface area contributed by atoms with Crippen molar-refractivity contribution >= 4 is 23.4 Å². The Hall–Kier alpha value is -4.92.